The average Bonchev–Trinajstić information content (AvgIpc) is 2.19. The van der Waals surface area contributed by atoms with Crippen molar-refractivity contribution in [1.29, 1.82) is 0 Å². The second-order valence-electron chi connectivity index (χ2n) is 2.62. The first-order valence-corrected chi connectivity index (χ1v) is 3.83. The first-order valence-electron chi connectivity index (χ1n) is 3.83. The molecular weight excluding hydrogens is 210 g/mol. The fourth-order valence-electron chi connectivity index (χ4n) is 1.01. The van der Waals surface area contributed by atoms with E-state index in [1.165, 1.54) is 7.05 Å². The van der Waals surface area contributed by atoms with Gasteiger partial charge in [0.1, 0.15) is 5.82 Å². The van der Waals surface area contributed by atoms with Gasteiger partial charge >= 0.3 is 5.69 Å². The van der Waals surface area contributed by atoms with E-state index in [0.717, 1.165) is 0 Å². The molecule has 1 N–H and O–H groups in total. The number of carbonyl (C=O) groups is 1. The highest BCUT2D eigenvalue weighted by Gasteiger charge is 2.23. The average molecular weight is 216 g/mol. The van der Waals surface area contributed by atoms with E-state index >= 15 is 0 Å². The van der Waals surface area contributed by atoms with Crippen molar-refractivity contribution in [3.63, 3.8) is 0 Å². The number of nitro groups is 1. The molecule has 0 heterocycles. The van der Waals surface area contributed by atoms with E-state index in [-0.39, 0.29) is 0 Å². The molecule has 0 aliphatic heterocycles. The molecule has 0 radical (unpaired) electrons. The number of halogens is 2. The van der Waals surface area contributed by atoms with Gasteiger partial charge in [0, 0.05) is 7.05 Å². The molecular formula is C8H6F2N2O3. The van der Waals surface area contributed by atoms with Crippen molar-refractivity contribution < 1.29 is 18.5 Å². The smallest absolute Gasteiger partial charge is 0.308 e. The number of amides is 1. The molecule has 1 aromatic rings. The lowest BCUT2D eigenvalue weighted by Crippen LogP contribution is -2.20. The van der Waals surface area contributed by atoms with Gasteiger partial charge in [0.2, 0.25) is 5.82 Å². The molecule has 7 heteroatoms. The second kappa shape index (κ2) is 3.99. The van der Waals surface area contributed by atoms with Crippen molar-refractivity contribution in [1.82, 2.24) is 5.32 Å². The zero-order valence-electron chi connectivity index (χ0n) is 7.58. The summed E-state index contributed by atoms with van der Waals surface area (Å²) in [4.78, 5) is 20.2. The van der Waals surface area contributed by atoms with Crippen LogP contribution < -0.4 is 5.32 Å². The molecule has 0 fully saturated rings. The van der Waals surface area contributed by atoms with Crippen LogP contribution in [0.4, 0.5) is 14.5 Å². The minimum Gasteiger partial charge on any atom is -0.355 e. The van der Waals surface area contributed by atoms with E-state index in [9.17, 15) is 23.7 Å². The van der Waals surface area contributed by atoms with E-state index in [4.69, 9.17) is 0 Å². The molecule has 0 spiro atoms. The molecule has 1 amide bonds. The third-order valence-corrected chi connectivity index (χ3v) is 1.69. The van der Waals surface area contributed by atoms with Gasteiger partial charge in [0.25, 0.3) is 5.91 Å². The van der Waals surface area contributed by atoms with E-state index in [0.29, 0.717) is 12.1 Å². The molecule has 0 aromatic heterocycles. The first-order chi connectivity index (χ1) is 6.97. The molecule has 0 atom stereocenters. The molecule has 1 rings (SSSR count). The van der Waals surface area contributed by atoms with Gasteiger partial charge in [-0.2, -0.15) is 4.39 Å². The number of benzene rings is 1. The number of rotatable bonds is 2. The fraction of sp³-hybridized carbons (Fsp3) is 0.125. The van der Waals surface area contributed by atoms with Crippen molar-refractivity contribution >= 4 is 11.6 Å². The predicted molar refractivity (Wildman–Crippen MR) is 46.4 cm³/mol. The number of nitro benzene ring substituents is 1. The minimum atomic E-state index is -1.35. The Hall–Kier alpha value is -2.05. The normalized spacial score (nSPS) is 9.80. The first kappa shape index (κ1) is 11.0. The molecule has 1 aromatic carbocycles. The summed E-state index contributed by atoms with van der Waals surface area (Å²) in [7, 11) is 1.21. The largest absolute Gasteiger partial charge is 0.355 e. The van der Waals surface area contributed by atoms with Crippen LogP contribution in [-0.2, 0) is 0 Å². The zero-order chi connectivity index (χ0) is 11.6. The molecule has 15 heavy (non-hydrogen) atoms. The minimum absolute atomic E-state index is 0.418. The van der Waals surface area contributed by atoms with Crippen LogP contribution >= 0.6 is 0 Å². The van der Waals surface area contributed by atoms with Crippen LogP contribution in [0.15, 0.2) is 12.1 Å². The Morgan fingerprint density at radius 2 is 2.07 bits per heavy atom. The van der Waals surface area contributed by atoms with E-state index < -0.39 is 33.7 Å². The van der Waals surface area contributed by atoms with Crippen molar-refractivity contribution in [3.05, 3.63) is 39.4 Å². The molecule has 0 saturated heterocycles. The summed E-state index contributed by atoms with van der Waals surface area (Å²) in [5.41, 5.74) is -1.75. The van der Waals surface area contributed by atoms with E-state index in [2.05, 4.69) is 0 Å². The summed E-state index contributed by atoms with van der Waals surface area (Å²) in [6.07, 6.45) is 0. The Labute approximate surface area is 82.9 Å². The summed E-state index contributed by atoms with van der Waals surface area (Å²) < 4.78 is 26.1. The van der Waals surface area contributed by atoms with Gasteiger partial charge < -0.3 is 5.32 Å². The van der Waals surface area contributed by atoms with Crippen molar-refractivity contribution in [2.24, 2.45) is 0 Å². The summed E-state index contributed by atoms with van der Waals surface area (Å²) in [5.74, 6) is -3.31. The zero-order valence-corrected chi connectivity index (χ0v) is 7.58. The van der Waals surface area contributed by atoms with Crippen LogP contribution in [-0.4, -0.2) is 17.9 Å². The van der Waals surface area contributed by atoms with Gasteiger partial charge in [-0.25, -0.2) is 4.39 Å². The Kier molecular flexibility index (Phi) is 2.93. The Morgan fingerprint density at radius 3 is 2.53 bits per heavy atom. The summed E-state index contributed by atoms with van der Waals surface area (Å²) >= 11 is 0. The number of hydrogen-bond donors (Lipinski definition) is 1. The summed E-state index contributed by atoms with van der Waals surface area (Å²) in [6.45, 7) is 0. The van der Waals surface area contributed by atoms with Gasteiger partial charge in [0.15, 0.2) is 0 Å². The second-order valence-corrected chi connectivity index (χ2v) is 2.62. The summed E-state index contributed by atoms with van der Waals surface area (Å²) in [6, 6.07) is 1.02. The van der Waals surface area contributed by atoms with Gasteiger partial charge in [-0.1, -0.05) is 0 Å². The highest BCUT2D eigenvalue weighted by molar-refractivity contribution is 5.94. The third-order valence-electron chi connectivity index (χ3n) is 1.69. The monoisotopic (exact) mass is 216 g/mol. The Morgan fingerprint density at radius 1 is 1.47 bits per heavy atom. The lowest BCUT2D eigenvalue weighted by Gasteiger charge is -2.02. The standard InChI is InChI=1S/C8H6F2N2O3/c1-11-8(13)5-2-4(9)3-6(7(5)10)12(14)15/h2-3H,1H3,(H,11,13). The van der Waals surface area contributed by atoms with Crippen molar-refractivity contribution in [2.75, 3.05) is 7.05 Å². The van der Waals surface area contributed by atoms with Crippen LogP contribution in [0.1, 0.15) is 10.4 Å². The Bertz CT molecular complexity index is 434. The van der Waals surface area contributed by atoms with Crippen molar-refractivity contribution in [3.8, 4) is 0 Å². The fourth-order valence-corrected chi connectivity index (χ4v) is 1.01. The maximum atomic E-state index is 13.3. The van der Waals surface area contributed by atoms with Crippen LogP contribution in [0.2, 0.25) is 0 Å². The Balaban J connectivity index is 3.41. The van der Waals surface area contributed by atoms with E-state index in [1.54, 1.807) is 0 Å². The molecule has 0 saturated carbocycles. The molecule has 5 nitrogen and oxygen atoms in total. The third kappa shape index (κ3) is 2.06. The van der Waals surface area contributed by atoms with Crippen LogP contribution in [0.25, 0.3) is 0 Å². The maximum Gasteiger partial charge on any atom is 0.308 e. The number of nitrogens with one attached hydrogen (secondary N) is 1. The highest BCUT2D eigenvalue weighted by atomic mass is 19.1. The van der Waals surface area contributed by atoms with Gasteiger partial charge in [-0.3, -0.25) is 14.9 Å². The van der Waals surface area contributed by atoms with Crippen LogP contribution in [0.5, 0.6) is 0 Å². The van der Waals surface area contributed by atoms with E-state index in [1.807, 2.05) is 5.32 Å². The SMILES string of the molecule is CNC(=O)c1cc(F)cc([N+](=O)[O-])c1F. The predicted octanol–water partition coefficient (Wildman–Crippen LogP) is 1.23. The van der Waals surface area contributed by atoms with Gasteiger partial charge in [-0.05, 0) is 6.07 Å². The number of hydrogen-bond acceptors (Lipinski definition) is 3. The van der Waals surface area contributed by atoms with Crippen LogP contribution in [0.3, 0.4) is 0 Å². The summed E-state index contributed by atoms with van der Waals surface area (Å²) in [5, 5.41) is 12.4. The highest BCUT2D eigenvalue weighted by Crippen LogP contribution is 2.22. The molecule has 0 aliphatic rings. The topological polar surface area (TPSA) is 72.2 Å². The molecule has 0 unspecified atom stereocenters. The lowest BCUT2D eigenvalue weighted by molar-refractivity contribution is -0.387. The lowest BCUT2D eigenvalue weighted by atomic mass is 10.1. The van der Waals surface area contributed by atoms with Crippen molar-refractivity contribution in [2.45, 2.75) is 0 Å². The molecule has 0 aliphatic carbocycles. The molecule has 80 valence electrons. The number of carbonyl (C=O) groups excluding carboxylic acids is 1. The maximum absolute atomic E-state index is 13.3. The number of nitrogens with zero attached hydrogens (tertiary/aromatic N) is 1. The van der Waals surface area contributed by atoms with Gasteiger partial charge in [0.05, 0.1) is 16.6 Å². The molecule has 0 bridgehead atoms. The van der Waals surface area contributed by atoms with Crippen LogP contribution in [0, 0.1) is 21.7 Å². The quantitative estimate of drug-likeness (QED) is 0.597. The van der Waals surface area contributed by atoms with Gasteiger partial charge in [-0.15, -0.1) is 0 Å².